The molecule has 33 heavy (non-hydrogen) atoms. The van der Waals surface area contributed by atoms with Crippen molar-refractivity contribution >= 4 is 45.8 Å². The fourth-order valence-electron chi connectivity index (χ4n) is 3.92. The molecular weight excluding hydrogens is 461 g/mol. The molecule has 4 aromatic rings. The first-order valence-corrected chi connectivity index (χ1v) is 11.2. The van der Waals surface area contributed by atoms with Crippen LogP contribution in [0.4, 0.5) is 5.82 Å². The number of rotatable bonds is 3. The smallest absolute Gasteiger partial charge is 0.289 e. The Morgan fingerprint density at radius 2 is 1.61 bits per heavy atom. The number of benzene rings is 2. The number of nitrogens with one attached hydrogen (secondary N) is 1. The molecular formula is C24H19Cl2N5O2. The zero-order valence-corrected chi connectivity index (χ0v) is 19.0. The number of hydrogen-bond donors (Lipinski definition) is 1. The van der Waals surface area contributed by atoms with Crippen LogP contribution in [0.2, 0.25) is 10.0 Å². The molecule has 0 aliphatic carbocycles. The number of pyridine rings is 1. The van der Waals surface area contributed by atoms with Crippen LogP contribution in [0.1, 0.15) is 10.6 Å². The van der Waals surface area contributed by atoms with Crippen molar-refractivity contribution in [1.82, 2.24) is 19.9 Å². The molecule has 0 unspecified atom stereocenters. The molecule has 1 aliphatic rings. The van der Waals surface area contributed by atoms with Crippen LogP contribution in [0.3, 0.4) is 0 Å². The first-order chi connectivity index (χ1) is 16.0. The summed E-state index contributed by atoms with van der Waals surface area (Å²) in [5.74, 6) is 0.559. The van der Waals surface area contributed by atoms with E-state index in [0.29, 0.717) is 47.1 Å². The van der Waals surface area contributed by atoms with Gasteiger partial charge in [-0.25, -0.2) is 9.97 Å². The molecule has 0 saturated carbocycles. The van der Waals surface area contributed by atoms with Crippen LogP contribution < -0.4 is 10.5 Å². The predicted octanol–water partition coefficient (Wildman–Crippen LogP) is 4.25. The highest BCUT2D eigenvalue weighted by atomic mass is 35.5. The average molecular weight is 480 g/mol. The summed E-state index contributed by atoms with van der Waals surface area (Å²) in [6, 6.07) is 16.5. The van der Waals surface area contributed by atoms with Crippen LogP contribution in [0, 0.1) is 0 Å². The van der Waals surface area contributed by atoms with Gasteiger partial charge in [0.05, 0.1) is 10.9 Å². The molecule has 1 N–H and O–H groups in total. The van der Waals surface area contributed by atoms with Gasteiger partial charge in [-0.2, -0.15) is 0 Å². The van der Waals surface area contributed by atoms with E-state index >= 15 is 0 Å². The highest BCUT2D eigenvalue weighted by Crippen LogP contribution is 2.25. The lowest BCUT2D eigenvalue weighted by Crippen LogP contribution is -2.49. The van der Waals surface area contributed by atoms with Gasteiger partial charge in [-0.05, 0) is 53.6 Å². The fourth-order valence-corrected chi connectivity index (χ4v) is 4.21. The Morgan fingerprint density at radius 3 is 2.36 bits per heavy atom. The Balaban J connectivity index is 1.31. The number of aromatic amines is 1. The molecule has 0 atom stereocenters. The number of hydrogen-bond acceptors (Lipinski definition) is 5. The highest BCUT2D eigenvalue weighted by Gasteiger charge is 2.25. The Bertz CT molecular complexity index is 1400. The van der Waals surface area contributed by atoms with Gasteiger partial charge in [-0.3, -0.25) is 9.59 Å². The lowest BCUT2D eigenvalue weighted by molar-refractivity contribution is 0.0734. The van der Waals surface area contributed by atoms with Crippen molar-refractivity contribution < 1.29 is 4.79 Å². The molecule has 0 spiro atoms. The van der Waals surface area contributed by atoms with Crippen LogP contribution >= 0.6 is 23.2 Å². The summed E-state index contributed by atoms with van der Waals surface area (Å²) in [6.07, 6.45) is 1.78. The normalized spacial score (nSPS) is 14.0. The number of carbonyl (C=O) groups is 1. The van der Waals surface area contributed by atoms with Crippen LogP contribution in [0.5, 0.6) is 0 Å². The fraction of sp³-hybridized carbons (Fsp3) is 0.167. The number of amides is 1. The van der Waals surface area contributed by atoms with Gasteiger partial charge in [0.25, 0.3) is 11.5 Å². The van der Waals surface area contributed by atoms with Gasteiger partial charge in [0.15, 0.2) is 5.82 Å². The first-order valence-electron chi connectivity index (χ1n) is 10.4. The number of anilines is 1. The minimum Gasteiger partial charge on any atom is -0.353 e. The largest absolute Gasteiger partial charge is 0.353 e. The lowest BCUT2D eigenvalue weighted by atomic mass is 10.1. The van der Waals surface area contributed by atoms with Crippen molar-refractivity contribution in [3.05, 3.63) is 87.0 Å². The number of piperazine rings is 1. The summed E-state index contributed by atoms with van der Waals surface area (Å²) in [7, 11) is 0. The van der Waals surface area contributed by atoms with Gasteiger partial charge < -0.3 is 14.8 Å². The monoisotopic (exact) mass is 479 g/mol. The summed E-state index contributed by atoms with van der Waals surface area (Å²) in [5.41, 5.74) is 2.15. The molecule has 1 amide bonds. The van der Waals surface area contributed by atoms with Crippen molar-refractivity contribution in [3.63, 3.8) is 0 Å². The molecule has 9 heteroatoms. The summed E-state index contributed by atoms with van der Waals surface area (Å²) >= 11 is 12.0. The van der Waals surface area contributed by atoms with Crippen LogP contribution in [-0.2, 0) is 0 Å². The van der Waals surface area contributed by atoms with Gasteiger partial charge >= 0.3 is 0 Å². The third-order valence-electron chi connectivity index (χ3n) is 5.69. The van der Waals surface area contributed by atoms with Crippen molar-refractivity contribution in [2.45, 2.75) is 0 Å². The number of carbonyl (C=O) groups excluding carboxylic acids is 1. The van der Waals surface area contributed by atoms with Gasteiger partial charge in [0, 0.05) is 42.4 Å². The zero-order valence-electron chi connectivity index (χ0n) is 17.5. The molecule has 166 valence electrons. The Labute approximate surface area is 199 Å². The summed E-state index contributed by atoms with van der Waals surface area (Å²) in [4.78, 5) is 40.7. The maximum Gasteiger partial charge on any atom is 0.289 e. The Kier molecular flexibility index (Phi) is 5.74. The maximum atomic E-state index is 13.0. The Morgan fingerprint density at radius 1 is 0.879 bits per heavy atom. The predicted molar refractivity (Wildman–Crippen MR) is 130 cm³/mol. The summed E-state index contributed by atoms with van der Waals surface area (Å²) < 4.78 is 0. The van der Waals surface area contributed by atoms with E-state index in [0.717, 1.165) is 16.9 Å². The molecule has 5 rings (SSSR count). The van der Waals surface area contributed by atoms with Crippen molar-refractivity contribution in [1.29, 1.82) is 0 Å². The molecule has 2 aromatic heterocycles. The third kappa shape index (κ3) is 4.42. The third-order valence-corrected chi connectivity index (χ3v) is 6.17. The van der Waals surface area contributed by atoms with E-state index in [2.05, 4.69) is 19.9 Å². The van der Waals surface area contributed by atoms with E-state index in [4.69, 9.17) is 23.2 Å². The molecule has 1 saturated heterocycles. The van der Waals surface area contributed by atoms with E-state index in [1.54, 1.807) is 29.3 Å². The molecule has 1 aliphatic heterocycles. The standard InChI is InChI=1S/C24H19Cl2N5O2/c25-17-3-1-15(2-4-17)16-7-8-27-21(13-16)30-9-11-31(12-10-30)24(33)22-28-20-14-18(26)5-6-19(20)23(32)29-22/h1-8,13-14H,9-12H2,(H,28,29,32). The first kappa shape index (κ1) is 21.4. The number of fused-ring (bicyclic) bond motifs is 1. The van der Waals surface area contributed by atoms with Gasteiger partial charge in [0.2, 0.25) is 0 Å². The van der Waals surface area contributed by atoms with E-state index < -0.39 is 0 Å². The van der Waals surface area contributed by atoms with E-state index in [9.17, 15) is 9.59 Å². The van der Waals surface area contributed by atoms with Crippen LogP contribution in [0.25, 0.3) is 22.0 Å². The van der Waals surface area contributed by atoms with Crippen LogP contribution in [-0.4, -0.2) is 51.9 Å². The van der Waals surface area contributed by atoms with E-state index in [1.165, 1.54) is 0 Å². The van der Waals surface area contributed by atoms with E-state index in [1.807, 2.05) is 36.4 Å². The summed E-state index contributed by atoms with van der Waals surface area (Å²) in [6.45, 7) is 2.21. The number of H-pyrrole nitrogens is 1. The van der Waals surface area contributed by atoms with Crippen molar-refractivity contribution in [2.24, 2.45) is 0 Å². The zero-order chi connectivity index (χ0) is 22.9. The Hall–Kier alpha value is -3.42. The minimum atomic E-state index is -0.359. The van der Waals surface area contributed by atoms with Crippen LogP contribution in [0.15, 0.2) is 65.6 Å². The second-order valence-corrected chi connectivity index (χ2v) is 8.64. The SMILES string of the molecule is O=C(c1nc2cc(Cl)ccc2c(=O)[nH]1)N1CCN(c2cc(-c3ccc(Cl)cc3)ccn2)CC1. The molecule has 3 heterocycles. The lowest BCUT2D eigenvalue weighted by Gasteiger charge is -2.35. The molecule has 0 bridgehead atoms. The van der Waals surface area contributed by atoms with Crippen molar-refractivity contribution in [3.8, 4) is 11.1 Å². The highest BCUT2D eigenvalue weighted by molar-refractivity contribution is 6.31. The van der Waals surface area contributed by atoms with Gasteiger partial charge in [-0.1, -0.05) is 35.3 Å². The molecule has 7 nitrogen and oxygen atoms in total. The average Bonchev–Trinajstić information content (AvgIpc) is 2.84. The second-order valence-electron chi connectivity index (χ2n) is 7.76. The van der Waals surface area contributed by atoms with Gasteiger partial charge in [-0.15, -0.1) is 0 Å². The molecule has 2 aromatic carbocycles. The number of nitrogens with zero attached hydrogens (tertiary/aromatic N) is 4. The molecule has 1 fully saturated rings. The topological polar surface area (TPSA) is 82.2 Å². The maximum absolute atomic E-state index is 13.0. The van der Waals surface area contributed by atoms with E-state index in [-0.39, 0.29) is 17.3 Å². The van der Waals surface area contributed by atoms with Gasteiger partial charge in [0.1, 0.15) is 5.82 Å². The number of halogens is 2. The minimum absolute atomic E-state index is 0.0195. The molecule has 0 radical (unpaired) electrons. The second kappa shape index (κ2) is 8.84. The summed E-state index contributed by atoms with van der Waals surface area (Å²) in [5, 5.41) is 1.55. The quantitative estimate of drug-likeness (QED) is 0.474. The van der Waals surface area contributed by atoms with Crippen molar-refractivity contribution in [2.75, 3.05) is 31.1 Å². The number of aromatic nitrogens is 3.